The van der Waals surface area contributed by atoms with Gasteiger partial charge >= 0.3 is 0 Å². The highest BCUT2D eigenvalue weighted by Crippen LogP contribution is 2.32. The van der Waals surface area contributed by atoms with E-state index < -0.39 is 0 Å². The molecule has 6 nitrogen and oxygen atoms in total. The fraction of sp³-hybridized carbons (Fsp3) is 0.0800. The number of aromatic nitrogens is 1. The normalized spacial score (nSPS) is 11.1. The van der Waals surface area contributed by atoms with Gasteiger partial charge in [0, 0.05) is 0 Å². The number of ether oxygens (including phenoxy) is 2. The molecule has 0 atom stereocenters. The number of halogens is 1. The number of carbonyl (C=O) groups is 1. The van der Waals surface area contributed by atoms with Crippen molar-refractivity contribution in [3.63, 3.8) is 0 Å². The second kappa shape index (κ2) is 10.2. The number of benzene rings is 3. The molecule has 0 radical (unpaired) electrons. The number of carbonyl (C=O) groups excluding carboxylic acids is 1. The fourth-order valence-electron chi connectivity index (χ4n) is 3.08. The smallest absolute Gasteiger partial charge is 0.262 e. The molecule has 164 valence electrons. The number of methoxy groups -OCH3 is 1. The van der Waals surface area contributed by atoms with E-state index in [0.717, 1.165) is 15.8 Å². The first kappa shape index (κ1) is 22.3. The molecular weight excluding hydrogens is 458 g/mol. The summed E-state index contributed by atoms with van der Waals surface area (Å²) in [5.74, 6) is 0.495. The predicted molar refractivity (Wildman–Crippen MR) is 132 cm³/mol. The van der Waals surface area contributed by atoms with E-state index in [1.807, 2.05) is 24.3 Å². The van der Waals surface area contributed by atoms with Crippen molar-refractivity contribution in [1.82, 2.24) is 4.98 Å². The van der Waals surface area contributed by atoms with Crippen LogP contribution in [0.5, 0.6) is 11.5 Å². The number of hydrogen-bond acceptors (Lipinski definition) is 6. The lowest BCUT2D eigenvalue weighted by Gasteiger charge is -2.12. The van der Waals surface area contributed by atoms with Crippen LogP contribution >= 0.6 is 22.9 Å². The lowest BCUT2D eigenvalue weighted by molar-refractivity contribution is -0.118. The molecule has 0 spiro atoms. The van der Waals surface area contributed by atoms with Gasteiger partial charge in [0.15, 0.2) is 18.1 Å². The third kappa shape index (κ3) is 5.32. The molecule has 0 aliphatic rings. The van der Waals surface area contributed by atoms with Crippen LogP contribution in [0.3, 0.4) is 0 Å². The number of anilines is 1. The van der Waals surface area contributed by atoms with E-state index in [9.17, 15) is 10.1 Å². The van der Waals surface area contributed by atoms with Crippen molar-refractivity contribution in [2.45, 2.75) is 0 Å². The lowest BCUT2D eigenvalue weighted by Crippen LogP contribution is -2.20. The Balaban J connectivity index is 1.49. The number of para-hydroxylation sites is 2. The van der Waals surface area contributed by atoms with E-state index in [4.69, 9.17) is 21.1 Å². The molecule has 0 aliphatic carbocycles. The van der Waals surface area contributed by atoms with Gasteiger partial charge in [-0.15, -0.1) is 11.3 Å². The maximum Gasteiger partial charge on any atom is 0.262 e. The molecule has 3 aromatic carbocycles. The van der Waals surface area contributed by atoms with Crippen LogP contribution in [0.25, 0.3) is 21.9 Å². The molecule has 0 saturated heterocycles. The molecule has 4 rings (SSSR count). The Morgan fingerprint density at radius 3 is 2.70 bits per heavy atom. The molecule has 0 saturated carbocycles. The summed E-state index contributed by atoms with van der Waals surface area (Å²) in [6.45, 7) is -0.216. The average molecular weight is 476 g/mol. The Morgan fingerprint density at radius 2 is 1.94 bits per heavy atom. The summed E-state index contributed by atoms with van der Waals surface area (Å²) in [6.07, 6.45) is 1.74. The van der Waals surface area contributed by atoms with E-state index in [1.165, 1.54) is 18.4 Å². The van der Waals surface area contributed by atoms with Gasteiger partial charge in [0.1, 0.15) is 11.1 Å². The highest BCUT2D eigenvalue weighted by molar-refractivity contribution is 7.19. The van der Waals surface area contributed by atoms with Crippen LogP contribution in [-0.2, 0) is 4.79 Å². The third-order valence-corrected chi connectivity index (χ3v) is 6.05. The number of fused-ring (bicyclic) bond motifs is 1. The number of hydrogen-bond donors (Lipinski definition) is 1. The van der Waals surface area contributed by atoms with E-state index >= 15 is 0 Å². The summed E-state index contributed by atoms with van der Waals surface area (Å²) in [4.78, 5) is 16.8. The van der Waals surface area contributed by atoms with E-state index in [1.54, 1.807) is 48.5 Å². The van der Waals surface area contributed by atoms with Crippen LogP contribution in [0.15, 0.2) is 66.7 Å². The highest BCUT2D eigenvalue weighted by Gasteiger charge is 2.12. The van der Waals surface area contributed by atoms with Crippen LogP contribution in [0, 0.1) is 11.3 Å². The molecule has 0 bridgehead atoms. The van der Waals surface area contributed by atoms with Crippen molar-refractivity contribution in [3.8, 4) is 17.6 Å². The predicted octanol–water partition coefficient (Wildman–Crippen LogP) is 6.04. The van der Waals surface area contributed by atoms with E-state index in [-0.39, 0.29) is 12.5 Å². The van der Waals surface area contributed by atoms with Crippen molar-refractivity contribution < 1.29 is 14.3 Å². The summed E-state index contributed by atoms with van der Waals surface area (Å²) in [5, 5.41) is 13.5. The molecule has 1 amide bonds. The van der Waals surface area contributed by atoms with Gasteiger partial charge in [-0.1, -0.05) is 41.9 Å². The first-order valence-corrected chi connectivity index (χ1v) is 11.1. The maximum absolute atomic E-state index is 12.2. The minimum atomic E-state index is -0.350. The van der Waals surface area contributed by atoms with Gasteiger partial charge in [0.05, 0.1) is 33.6 Å². The maximum atomic E-state index is 12.2. The zero-order chi connectivity index (χ0) is 23.2. The molecular formula is C25H18ClN3O3S. The SMILES string of the molecule is COc1cc(/C=C(\C#N)c2nc3ccccc3s2)ccc1OCC(=O)Nc1ccccc1Cl. The molecule has 1 aromatic heterocycles. The summed E-state index contributed by atoms with van der Waals surface area (Å²) < 4.78 is 12.1. The molecule has 0 fully saturated rings. The van der Waals surface area contributed by atoms with Crippen LogP contribution in [0.2, 0.25) is 5.02 Å². The number of amides is 1. The van der Waals surface area contributed by atoms with E-state index in [2.05, 4.69) is 16.4 Å². The Hall–Kier alpha value is -3.86. The average Bonchev–Trinajstić information content (AvgIpc) is 3.27. The number of thiazole rings is 1. The standard InChI is InChI=1S/C25H18ClN3O3S/c1-31-22-13-16(12-17(14-27)25-29-20-8-4-5-9-23(20)33-25)10-11-21(22)32-15-24(30)28-19-7-3-2-6-18(19)26/h2-13H,15H2,1H3,(H,28,30)/b17-12+. The first-order valence-electron chi connectivity index (χ1n) is 9.90. The minimum absolute atomic E-state index is 0.216. The van der Waals surface area contributed by atoms with Gasteiger partial charge in [0.2, 0.25) is 0 Å². The van der Waals surface area contributed by atoms with Crippen LogP contribution in [-0.4, -0.2) is 24.6 Å². The van der Waals surface area contributed by atoms with Gasteiger partial charge < -0.3 is 14.8 Å². The van der Waals surface area contributed by atoms with E-state index in [0.29, 0.717) is 32.8 Å². The second-order valence-electron chi connectivity index (χ2n) is 6.88. The van der Waals surface area contributed by atoms with Gasteiger partial charge in [-0.2, -0.15) is 5.26 Å². The van der Waals surface area contributed by atoms with Gasteiger partial charge in [-0.25, -0.2) is 4.98 Å². The Bertz CT molecular complexity index is 1360. The lowest BCUT2D eigenvalue weighted by atomic mass is 10.1. The molecule has 1 N–H and O–H groups in total. The molecule has 4 aromatic rings. The van der Waals surface area contributed by atoms with Crippen LogP contribution < -0.4 is 14.8 Å². The van der Waals surface area contributed by atoms with Crippen LogP contribution in [0.1, 0.15) is 10.6 Å². The zero-order valence-electron chi connectivity index (χ0n) is 17.5. The number of allylic oxidation sites excluding steroid dienone is 1. The van der Waals surface area contributed by atoms with Crippen molar-refractivity contribution in [2.75, 3.05) is 19.0 Å². The Labute approximate surface area is 199 Å². The highest BCUT2D eigenvalue weighted by atomic mass is 35.5. The summed E-state index contributed by atoms with van der Waals surface area (Å²) >= 11 is 7.53. The second-order valence-corrected chi connectivity index (χ2v) is 8.32. The topological polar surface area (TPSA) is 84.2 Å². The van der Waals surface area contributed by atoms with Crippen molar-refractivity contribution in [1.29, 1.82) is 5.26 Å². The number of nitrogens with zero attached hydrogens (tertiary/aromatic N) is 2. The van der Waals surface area contributed by atoms with Crippen LogP contribution in [0.4, 0.5) is 5.69 Å². The minimum Gasteiger partial charge on any atom is -0.493 e. The zero-order valence-corrected chi connectivity index (χ0v) is 19.1. The van der Waals surface area contributed by atoms with Gasteiger partial charge in [-0.05, 0) is 48.0 Å². The molecule has 8 heteroatoms. The molecule has 0 aliphatic heterocycles. The fourth-order valence-corrected chi connectivity index (χ4v) is 4.20. The largest absolute Gasteiger partial charge is 0.493 e. The Morgan fingerprint density at radius 1 is 1.15 bits per heavy atom. The van der Waals surface area contributed by atoms with Gasteiger partial charge in [0.25, 0.3) is 5.91 Å². The molecule has 33 heavy (non-hydrogen) atoms. The summed E-state index contributed by atoms with van der Waals surface area (Å²) in [7, 11) is 1.51. The van der Waals surface area contributed by atoms with Gasteiger partial charge in [-0.3, -0.25) is 4.79 Å². The third-order valence-electron chi connectivity index (χ3n) is 4.65. The number of rotatable bonds is 7. The summed E-state index contributed by atoms with van der Waals surface area (Å²) in [6, 6.07) is 22.2. The number of nitrogens with one attached hydrogen (secondary N) is 1. The van der Waals surface area contributed by atoms with Crippen molar-refractivity contribution in [3.05, 3.63) is 82.3 Å². The number of nitriles is 1. The molecule has 0 unspecified atom stereocenters. The van der Waals surface area contributed by atoms with Crippen molar-refractivity contribution >= 4 is 56.4 Å². The monoisotopic (exact) mass is 475 g/mol. The Kier molecular flexibility index (Phi) is 6.89. The first-order chi connectivity index (χ1) is 16.1. The molecule has 1 heterocycles. The quantitative estimate of drug-likeness (QED) is 0.329. The van der Waals surface area contributed by atoms with Crippen molar-refractivity contribution in [2.24, 2.45) is 0 Å². The summed E-state index contributed by atoms with van der Waals surface area (Å²) in [5.41, 5.74) is 2.57.